The van der Waals surface area contributed by atoms with Gasteiger partial charge in [0.15, 0.2) is 5.65 Å². The monoisotopic (exact) mass is 385 g/mol. The SMILES string of the molecule is Cc1cc(-c2cc(C(=O)NC(C)(C)CN)c3cnn(C(C)C)c3n2)c(C)s1. The number of fused-ring (bicyclic) bond motifs is 1. The van der Waals surface area contributed by atoms with Gasteiger partial charge in [-0.1, -0.05) is 0 Å². The summed E-state index contributed by atoms with van der Waals surface area (Å²) in [6, 6.07) is 4.13. The summed E-state index contributed by atoms with van der Waals surface area (Å²) in [4.78, 5) is 20.3. The maximum absolute atomic E-state index is 13.1. The molecule has 0 aliphatic rings. The first-order valence-corrected chi connectivity index (χ1v) is 9.93. The van der Waals surface area contributed by atoms with Crippen molar-refractivity contribution in [2.24, 2.45) is 5.73 Å². The number of amides is 1. The molecular formula is C20H27N5OS. The molecule has 3 rings (SSSR count). The van der Waals surface area contributed by atoms with E-state index in [1.807, 2.05) is 24.6 Å². The van der Waals surface area contributed by atoms with Crippen LogP contribution in [0.2, 0.25) is 0 Å². The molecule has 3 N–H and O–H groups in total. The van der Waals surface area contributed by atoms with Crippen molar-refractivity contribution in [1.29, 1.82) is 0 Å². The molecule has 0 radical (unpaired) electrons. The molecular weight excluding hydrogens is 358 g/mol. The second-order valence-electron chi connectivity index (χ2n) is 7.84. The Hall–Kier alpha value is -2.25. The van der Waals surface area contributed by atoms with Crippen LogP contribution in [0.25, 0.3) is 22.3 Å². The van der Waals surface area contributed by atoms with E-state index in [0.29, 0.717) is 12.1 Å². The van der Waals surface area contributed by atoms with Crippen LogP contribution in [0, 0.1) is 13.8 Å². The highest BCUT2D eigenvalue weighted by atomic mass is 32.1. The van der Waals surface area contributed by atoms with Crippen LogP contribution in [-0.4, -0.2) is 32.8 Å². The van der Waals surface area contributed by atoms with E-state index < -0.39 is 5.54 Å². The smallest absolute Gasteiger partial charge is 0.252 e. The number of aryl methyl sites for hydroxylation is 2. The molecule has 0 fully saturated rings. The minimum atomic E-state index is -0.490. The Kier molecular flexibility index (Phi) is 5.10. The number of rotatable bonds is 5. The summed E-state index contributed by atoms with van der Waals surface area (Å²) in [5, 5.41) is 8.25. The molecule has 0 atom stereocenters. The topological polar surface area (TPSA) is 85.8 Å². The van der Waals surface area contributed by atoms with Gasteiger partial charge in [0, 0.05) is 33.4 Å². The summed E-state index contributed by atoms with van der Waals surface area (Å²) in [6.45, 7) is 12.4. The Balaban J connectivity index is 2.22. The largest absolute Gasteiger partial charge is 0.346 e. The highest BCUT2D eigenvalue weighted by Crippen LogP contribution is 2.32. The Labute approximate surface area is 163 Å². The number of nitrogens with one attached hydrogen (secondary N) is 1. The van der Waals surface area contributed by atoms with Gasteiger partial charge in [0.1, 0.15) is 0 Å². The fourth-order valence-electron chi connectivity index (χ4n) is 3.03. The van der Waals surface area contributed by atoms with E-state index >= 15 is 0 Å². The molecule has 3 aromatic rings. The van der Waals surface area contributed by atoms with E-state index in [4.69, 9.17) is 10.7 Å². The van der Waals surface area contributed by atoms with Gasteiger partial charge in [-0.3, -0.25) is 4.79 Å². The molecule has 3 heterocycles. The number of nitrogens with zero attached hydrogens (tertiary/aromatic N) is 3. The molecule has 0 bridgehead atoms. The predicted molar refractivity (Wildman–Crippen MR) is 111 cm³/mol. The van der Waals surface area contributed by atoms with Gasteiger partial charge in [-0.2, -0.15) is 5.10 Å². The average Bonchev–Trinajstić information content (AvgIpc) is 3.16. The van der Waals surface area contributed by atoms with Crippen LogP contribution in [-0.2, 0) is 0 Å². The number of hydrogen-bond acceptors (Lipinski definition) is 5. The first-order chi connectivity index (χ1) is 12.6. The zero-order chi connectivity index (χ0) is 19.9. The third kappa shape index (κ3) is 3.75. The third-order valence-electron chi connectivity index (χ3n) is 4.58. The molecule has 0 aliphatic carbocycles. The Morgan fingerprint density at radius 1 is 1.33 bits per heavy atom. The lowest BCUT2D eigenvalue weighted by molar-refractivity contribution is 0.0917. The lowest BCUT2D eigenvalue weighted by Gasteiger charge is -2.24. The van der Waals surface area contributed by atoms with Crippen LogP contribution in [0.15, 0.2) is 18.3 Å². The van der Waals surface area contributed by atoms with Gasteiger partial charge in [0.25, 0.3) is 5.91 Å². The van der Waals surface area contributed by atoms with Crippen molar-refractivity contribution in [2.75, 3.05) is 6.54 Å². The number of thiophene rings is 1. The van der Waals surface area contributed by atoms with Crippen molar-refractivity contribution >= 4 is 28.3 Å². The molecule has 3 aromatic heterocycles. The average molecular weight is 386 g/mol. The third-order valence-corrected chi connectivity index (χ3v) is 5.55. The van der Waals surface area contributed by atoms with Crippen LogP contribution in [0.1, 0.15) is 53.8 Å². The molecule has 0 spiro atoms. The summed E-state index contributed by atoms with van der Waals surface area (Å²) in [5.41, 5.74) is 8.45. The molecule has 0 unspecified atom stereocenters. The highest BCUT2D eigenvalue weighted by Gasteiger charge is 2.24. The van der Waals surface area contributed by atoms with Crippen molar-refractivity contribution in [3.05, 3.63) is 33.6 Å². The first kappa shape index (κ1) is 19.5. The zero-order valence-electron chi connectivity index (χ0n) is 16.8. The molecule has 7 heteroatoms. The number of hydrogen-bond donors (Lipinski definition) is 2. The fourth-order valence-corrected chi connectivity index (χ4v) is 3.97. The standard InChI is InChI=1S/C20H27N5OS/c1-11(2)25-18-16(9-22-25)15(19(26)24-20(5,6)10-21)8-17(23-18)14-7-12(3)27-13(14)4/h7-9,11H,10,21H2,1-6H3,(H,24,26). The number of aromatic nitrogens is 3. The van der Waals surface area contributed by atoms with Crippen molar-refractivity contribution in [3.8, 4) is 11.3 Å². The number of pyridine rings is 1. The van der Waals surface area contributed by atoms with Crippen LogP contribution in [0.4, 0.5) is 0 Å². The van der Waals surface area contributed by atoms with Crippen LogP contribution < -0.4 is 11.1 Å². The molecule has 0 aromatic carbocycles. The molecule has 6 nitrogen and oxygen atoms in total. The normalized spacial score (nSPS) is 12.1. The highest BCUT2D eigenvalue weighted by molar-refractivity contribution is 7.12. The van der Waals surface area contributed by atoms with E-state index in [0.717, 1.165) is 22.3 Å². The fraction of sp³-hybridized carbons (Fsp3) is 0.450. The molecule has 144 valence electrons. The Morgan fingerprint density at radius 2 is 2.04 bits per heavy atom. The molecule has 0 saturated heterocycles. The summed E-state index contributed by atoms with van der Waals surface area (Å²) >= 11 is 1.73. The van der Waals surface area contributed by atoms with E-state index in [-0.39, 0.29) is 11.9 Å². The van der Waals surface area contributed by atoms with Crippen LogP contribution in [0.5, 0.6) is 0 Å². The van der Waals surface area contributed by atoms with E-state index in [1.165, 1.54) is 9.75 Å². The quantitative estimate of drug-likeness (QED) is 0.699. The maximum Gasteiger partial charge on any atom is 0.252 e. The predicted octanol–water partition coefficient (Wildman–Crippen LogP) is 3.82. The molecule has 0 saturated carbocycles. The first-order valence-electron chi connectivity index (χ1n) is 9.11. The van der Waals surface area contributed by atoms with Crippen molar-refractivity contribution in [3.63, 3.8) is 0 Å². The molecule has 1 amide bonds. The van der Waals surface area contributed by atoms with E-state index in [9.17, 15) is 4.79 Å². The van der Waals surface area contributed by atoms with E-state index in [1.54, 1.807) is 17.5 Å². The Morgan fingerprint density at radius 3 is 2.59 bits per heavy atom. The van der Waals surface area contributed by atoms with Gasteiger partial charge in [-0.25, -0.2) is 9.67 Å². The van der Waals surface area contributed by atoms with Crippen molar-refractivity contribution in [1.82, 2.24) is 20.1 Å². The van der Waals surface area contributed by atoms with E-state index in [2.05, 4.69) is 44.2 Å². The minimum absolute atomic E-state index is 0.145. The number of nitrogens with two attached hydrogens (primary N) is 1. The van der Waals surface area contributed by atoms with Crippen molar-refractivity contribution < 1.29 is 4.79 Å². The summed E-state index contributed by atoms with van der Waals surface area (Å²) < 4.78 is 1.86. The number of carbonyl (C=O) groups excluding carboxylic acids is 1. The van der Waals surface area contributed by atoms with Crippen LogP contribution >= 0.6 is 11.3 Å². The van der Waals surface area contributed by atoms with Gasteiger partial charge < -0.3 is 11.1 Å². The summed E-state index contributed by atoms with van der Waals surface area (Å²) in [7, 11) is 0. The van der Waals surface area contributed by atoms with Crippen molar-refractivity contribution in [2.45, 2.75) is 53.1 Å². The number of carbonyl (C=O) groups is 1. The minimum Gasteiger partial charge on any atom is -0.346 e. The summed E-state index contributed by atoms with van der Waals surface area (Å²) in [6.07, 6.45) is 1.72. The van der Waals surface area contributed by atoms with Crippen LogP contribution in [0.3, 0.4) is 0 Å². The van der Waals surface area contributed by atoms with Gasteiger partial charge in [-0.15, -0.1) is 11.3 Å². The van der Waals surface area contributed by atoms with Gasteiger partial charge >= 0.3 is 0 Å². The van der Waals surface area contributed by atoms with Gasteiger partial charge in [-0.05, 0) is 53.7 Å². The summed E-state index contributed by atoms with van der Waals surface area (Å²) in [5.74, 6) is -0.160. The molecule has 27 heavy (non-hydrogen) atoms. The van der Waals surface area contributed by atoms with Gasteiger partial charge in [0.2, 0.25) is 0 Å². The van der Waals surface area contributed by atoms with Gasteiger partial charge in [0.05, 0.1) is 22.8 Å². The Bertz CT molecular complexity index is 999. The second kappa shape index (κ2) is 7.05. The lowest BCUT2D eigenvalue weighted by atomic mass is 10.0. The maximum atomic E-state index is 13.1. The lowest BCUT2D eigenvalue weighted by Crippen LogP contribution is -2.48. The molecule has 0 aliphatic heterocycles. The second-order valence-corrected chi connectivity index (χ2v) is 9.30. The zero-order valence-corrected chi connectivity index (χ0v) is 17.6.